The average Bonchev–Trinajstić information content (AvgIpc) is 2.84. The molecule has 0 saturated heterocycles. The number of rotatable bonds is 6. The van der Waals surface area contributed by atoms with Crippen LogP contribution in [0.15, 0.2) is 6.33 Å². The molecule has 0 radical (unpaired) electrons. The van der Waals surface area contributed by atoms with Crippen molar-refractivity contribution in [1.82, 2.24) is 20.1 Å². The van der Waals surface area contributed by atoms with Crippen molar-refractivity contribution >= 4 is 11.6 Å². The highest BCUT2D eigenvalue weighted by molar-refractivity contribution is 6.18. The smallest absolute Gasteiger partial charge is 0.140 e. The van der Waals surface area contributed by atoms with Gasteiger partial charge < -0.3 is 5.32 Å². The van der Waals surface area contributed by atoms with Crippen LogP contribution >= 0.6 is 11.6 Å². The van der Waals surface area contributed by atoms with Crippen molar-refractivity contribution in [1.29, 1.82) is 0 Å². The zero-order valence-corrected chi connectivity index (χ0v) is 12.8. The zero-order valence-electron chi connectivity index (χ0n) is 12.0. The lowest BCUT2D eigenvalue weighted by molar-refractivity contribution is 0.252. The number of hydrogen-bond donors (Lipinski definition) is 1. The van der Waals surface area contributed by atoms with Gasteiger partial charge in [-0.25, -0.2) is 9.67 Å². The molecule has 1 aromatic heterocycles. The van der Waals surface area contributed by atoms with Gasteiger partial charge >= 0.3 is 0 Å². The summed E-state index contributed by atoms with van der Waals surface area (Å²) in [4.78, 5) is 4.37. The molecule has 0 bridgehead atoms. The fourth-order valence-corrected chi connectivity index (χ4v) is 3.14. The van der Waals surface area contributed by atoms with Crippen LogP contribution in [0.4, 0.5) is 0 Å². The van der Waals surface area contributed by atoms with E-state index in [9.17, 15) is 0 Å². The second-order valence-corrected chi connectivity index (χ2v) is 6.35. The number of halogens is 1. The van der Waals surface area contributed by atoms with E-state index >= 15 is 0 Å². The molecule has 0 aliphatic heterocycles. The highest BCUT2D eigenvalue weighted by Crippen LogP contribution is 2.29. The first-order valence-corrected chi connectivity index (χ1v) is 7.86. The van der Waals surface area contributed by atoms with Gasteiger partial charge in [-0.3, -0.25) is 0 Å². The molecule has 1 aliphatic carbocycles. The highest BCUT2D eigenvalue weighted by atomic mass is 35.5. The lowest BCUT2D eigenvalue weighted by Gasteiger charge is -2.36. The van der Waals surface area contributed by atoms with Crippen molar-refractivity contribution in [2.24, 2.45) is 5.92 Å². The molecule has 5 heteroatoms. The molecule has 1 N–H and O–H groups in total. The van der Waals surface area contributed by atoms with E-state index in [0.29, 0.717) is 11.8 Å². The van der Waals surface area contributed by atoms with E-state index in [2.05, 4.69) is 29.2 Å². The predicted octanol–water partition coefficient (Wildman–Crippen LogP) is 2.97. The van der Waals surface area contributed by atoms with E-state index < -0.39 is 0 Å². The van der Waals surface area contributed by atoms with Crippen LogP contribution in [0.25, 0.3) is 0 Å². The van der Waals surface area contributed by atoms with E-state index in [0.717, 1.165) is 18.9 Å². The van der Waals surface area contributed by atoms with Crippen LogP contribution in [-0.2, 0) is 13.1 Å². The van der Waals surface area contributed by atoms with Gasteiger partial charge in [0.15, 0.2) is 0 Å². The maximum Gasteiger partial charge on any atom is 0.140 e. The number of nitrogens with zero attached hydrogens (tertiary/aromatic N) is 3. The first-order valence-electron chi connectivity index (χ1n) is 7.33. The molecule has 1 heterocycles. The van der Waals surface area contributed by atoms with Gasteiger partial charge in [0.1, 0.15) is 12.2 Å². The third kappa shape index (κ3) is 3.93. The maximum atomic E-state index is 6.20. The molecule has 108 valence electrons. The Bertz CT molecular complexity index is 383. The molecule has 1 aromatic rings. The molecule has 0 spiro atoms. The van der Waals surface area contributed by atoms with Gasteiger partial charge in [0.05, 0.1) is 6.54 Å². The molecule has 19 heavy (non-hydrogen) atoms. The van der Waals surface area contributed by atoms with Crippen LogP contribution in [0.1, 0.15) is 51.8 Å². The number of hydrogen-bond acceptors (Lipinski definition) is 3. The van der Waals surface area contributed by atoms with Gasteiger partial charge in [-0.05, 0) is 18.8 Å². The Morgan fingerprint density at radius 1 is 1.37 bits per heavy atom. The molecule has 4 nitrogen and oxygen atoms in total. The van der Waals surface area contributed by atoms with Crippen molar-refractivity contribution in [3.63, 3.8) is 0 Å². The Labute approximate surface area is 120 Å². The Balaban J connectivity index is 1.95. The quantitative estimate of drug-likeness (QED) is 0.817. The normalized spacial score (nSPS) is 18.9. The average molecular weight is 285 g/mol. The molecule has 0 amide bonds. The number of nitrogens with one attached hydrogen (secondary N) is 1. The molecule has 1 saturated carbocycles. The molecule has 1 aliphatic rings. The third-order valence-corrected chi connectivity index (χ3v) is 4.43. The fourth-order valence-electron chi connectivity index (χ4n) is 2.78. The van der Waals surface area contributed by atoms with Crippen molar-refractivity contribution < 1.29 is 0 Å². The van der Waals surface area contributed by atoms with Crippen molar-refractivity contribution in [2.45, 2.75) is 64.6 Å². The number of aromatic nitrogens is 3. The third-order valence-electron chi connectivity index (χ3n) is 3.92. The first kappa shape index (κ1) is 14.8. The minimum atomic E-state index is 0.106. The minimum absolute atomic E-state index is 0.106. The minimum Gasteiger partial charge on any atom is -0.303 e. The van der Waals surface area contributed by atoms with Gasteiger partial charge in [0.25, 0.3) is 0 Å². The summed E-state index contributed by atoms with van der Waals surface area (Å²) >= 11 is 6.20. The standard InChI is InChI=1S/C14H25ClN4/c1-12(2)9-19-13(16-11-18-19)8-17-14(10-15)6-4-3-5-7-14/h11-12,17H,3-10H2,1-2H3. The maximum absolute atomic E-state index is 6.20. The van der Waals surface area contributed by atoms with Crippen LogP contribution in [0.5, 0.6) is 0 Å². The fraction of sp³-hybridized carbons (Fsp3) is 0.857. The van der Waals surface area contributed by atoms with Gasteiger partial charge in [0.2, 0.25) is 0 Å². The summed E-state index contributed by atoms with van der Waals surface area (Å²) in [5, 5.41) is 7.95. The molecule has 2 rings (SSSR count). The molecule has 0 atom stereocenters. The Hall–Kier alpha value is -0.610. The van der Waals surface area contributed by atoms with Crippen molar-refractivity contribution in [3.8, 4) is 0 Å². The summed E-state index contributed by atoms with van der Waals surface area (Å²) in [7, 11) is 0. The summed E-state index contributed by atoms with van der Waals surface area (Å²) in [6.07, 6.45) is 7.89. The van der Waals surface area contributed by atoms with Crippen LogP contribution in [0.3, 0.4) is 0 Å². The monoisotopic (exact) mass is 284 g/mol. The van der Waals surface area contributed by atoms with Crippen LogP contribution < -0.4 is 5.32 Å². The largest absolute Gasteiger partial charge is 0.303 e. The molecular formula is C14H25ClN4. The molecule has 1 fully saturated rings. The Kier molecular flexibility index (Phi) is 5.22. The van der Waals surface area contributed by atoms with Crippen LogP contribution in [0, 0.1) is 5.92 Å². The van der Waals surface area contributed by atoms with Gasteiger partial charge in [-0.2, -0.15) is 5.10 Å². The van der Waals surface area contributed by atoms with E-state index in [1.54, 1.807) is 6.33 Å². The predicted molar refractivity (Wildman–Crippen MR) is 78.2 cm³/mol. The van der Waals surface area contributed by atoms with Gasteiger partial charge in [-0.1, -0.05) is 33.1 Å². The summed E-state index contributed by atoms with van der Waals surface area (Å²) in [5.41, 5.74) is 0.106. The van der Waals surface area contributed by atoms with Gasteiger partial charge in [0, 0.05) is 18.0 Å². The summed E-state index contributed by atoms with van der Waals surface area (Å²) in [6.45, 7) is 6.07. The molecular weight excluding hydrogens is 260 g/mol. The Morgan fingerprint density at radius 2 is 2.11 bits per heavy atom. The van der Waals surface area contributed by atoms with E-state index in [1.165, 1.54) is 32.1 Å². The van der Waals surface area contributed by atoms with E-state index in [1.807, 2.05) is 4.68 Å². The second-order valence-electron chi connectivity index (χ2n) is 6.08. The SMILES string of the molecule is CC(C)Cn1ncnc1CNC1(CCl)CCCCC1. The molecule has 0 aromatic carbocycles. The second kappa shape index (κ2) is 6.71. The van der Waals surface area contributed by atoms with Crippen molar-refractivity contribution in [2.75, 3.05) is 5.88 Å². The molecule has 0 unspecified atom stereocenters. The van der Waals surface area contributed by atoms with E-state index in [4.69, 9.17) is 11.6 Å². The topological polar surface area (TPSA) is 42.7 Å². The van der Waals surface area contributed by atoms with Gasteiger partial charge in [-0.15, -0.1) is 11.6 Å². The summed E-state index contributed by atoms with van der Waals surface area (Å²) in [5.74, 6) is 2.28. The highest BCUT2D eigenvalue weighted by Gasteiger charge is 2.30. The first-order chi connectivity index (χ1) is 9.15. The lowest BCUT2D eigenvalue weighted by atomic mass is 9.83. The lowest BCUT2D eigenvalue weighted by Crippen LogP contribution is -2.48. The van der Waals surface area contributed by atoms with Crippen LogP contribution in [-0.4, -0.2) is 26.2 Å². The summed E-state index contributed by atoms with van der Waals surface area (Å²) < 4.78 is 2.00. The number of alkyl halides is 1. The van der Waals surface area contributed by atoms with Crippen molar-refractivity contribution in [3.05, 3.63) is 12.2 Å². The Morgan fingerprint density at radius 3 is 2.74 bits per heavy atom. The van der Waals surface area contributed by atoms with Crippen LogP contribution in [0.2, 0.25) is 0 Å². The zero-order chi connectivity index (χ0) is 13.7. The summed E-state index contributed by atoms with van der Waals surface area (Å²) in [6, 6.07) is 0. The van der Waals surface area contributed by atoms with E-state index in [-0.39, 0.29) is 5.54 Å².